The summed E-state index contributed by atoms with van der Waals surface area (Å²) in [6.45, 7) is 10.0. The zero-order valence-electron chi connectivity index (χ0n) is 18.2. The second-order valence-corrected chi connectivity index (χ2v) is 8.10. The van der Waals surface area contributed by atoms with Gasteiger partial charge in [0, 0.05) is 37.2 Å². The fraction of sp³-hybridized carbons (Fsp3) is 0.478. The van der Waals surface area contributed by atoms with Gasteiger partial charge in [0.25, 0.3) is 5.91 Å². The molecular formula is C23H32N4O3. The zero-order chi connectivity index (χ0) is 21.6. The number of hydrogen-bond acceptors (Lipinski definition) is 4. The number of rotatable bonds is 7. The SMILES string of the molecule is CCNC(=NCCCNC(=O)c1occc1C)NC1CC(C)(C)Oc2ccccc21. The number of nitrogens with one attached hydrogen (secondary N) is 3. The maximum atomic E-state index is 12.1. The molecule has 0 saturated heterocycles. The van der Waals surface area contributed by atoms with Gasteiger partial charge in [0.15, 0.2) is 11.7 Å². The molecule has 3 N–H and O–H groups in total. The van der Waals surface area contributed by atoms with Gasteiger partial charge in [0.1, 0.15) is 11.4 Å². The van der Waals surface area contributed by atoms with Crippen LogP contribution in [-0.4, -0.2) is 37.1 Å². The molecule has 1 aliphatic rings. The van der Waals surface area contributed by atoms with Crippen LogP contribution in [0.4, 0.5) is 0 Å². The molecule has 7 nitrogen and oxygen atoms in total. The van der Waals surface area contributed by atoms with Gasteiger partial charge in [0.2, 0.25) is 0 Å². The Bertz CT molecular complexity index is 888. The lowest BCUT2D eigenvalue weighted by molar-refractivity contribution is 0.0694. The third kappa shape index (κ3) is 5.55. The molecule has 1 atom stereocenters. The van der Waals surface area contributed by atoms with E-state index in [0.717, 1.165) is 42.2 Å². The van der Waals surface area contributed by atoms with Gasteiger partial charge in [-0.3, -0.25) is 9.79 Å². The highest BCUT2D eigenvalue weighted by Gasteiger charge is 2.33. The lowest BCUT2D eigenvalue weighted by Gasteiger charge is -2.38. The third-order valence-electron chi connectivity index (χ3n) is 4.99. The number of aryl methyl sites for hydroxylation is 1. The predicted octanol–water partition coefficient (Wildman–Crippen LogP) is 3.57. The molecule has 0 radical (unpaired) electrons. The average Bonchev–Trinajstić information content (AvgIpc) is 3.13. The molecule has 0 fully saturated rings. The van der Waals surface area contributed by atoms with Gasteiger partial charge >= 0.3 is 0 Å². The molecule has 162 valence electrons. The van der Waals surface area contributed by atoms with Gasteiger partial charge in [-0.05, 0) is 46.2 Å². The summed E-state index contributed by atoms with van der Waals surface area (Å²) in [4.78, 5) is 16.8. The van der Waals surface area contributed by atoms with Crippen molar-refractivity contribution in [2.75, 3.05) is 19.6 Å². The maximum Gasteiger partial charge on any atom is 0.287 e. The van der Waals surface area contributed by atoms with Crippen LogP contribution in [0.2, 0.25) is 0 Å². The minimum atomic E-state index is -0.252. The van der Waals surface area contributed by atoms with Gasteiger partial charge in [-0.15, -0.1) is 0 Å². The van der Waals surface area contributed by atoms with Crippen molar-refractivity contribution >= 4 is 11.9 Å². The van der Waals surface area contributed by atoms with Gasteiger partial charge in [-0.1, -0.05) is 18.2 Å². The number of hydrogen-bond donors (Lipinski definition) is 3. The molecule has 1 amide bonds. The highest BCUT2D eigenvalue weighted by atomic mass is 16.5. The van der Waals surface area contributed by atoms with Crippen LogP contribution >= 0.6 is 0 Å². The topological polar surface area (TPSA) is 87.9 Å². The molecule has 2 heterocycles. The van der Waals surface area contributed by atoms with Crippen molar-refractivity contribution in [2.45, 2.75) is 52.2 Å². The summed E-state index contributed by atoms with van der Waals surface area (Å²) in [6.07, 6.45) is 3.10. The molecule has 0 aliphatic carbocycles. The van der Waals surface area contributed by atoms with E-state index in [9.17, 15) is 4.79 Å². The summed E-state index contributed by atoms with van der Waals surface area (Å²) in [5, 5.41) is 9.75. The number of furan rings is 1. The highest BCUT2D eigenvalue weighted by molar-refractivity contribution is 5.92. The Labute approximate surface area is 178 Å². The van der Waals surface area contributed by atoms with E-state index >= 15 is 0 Å². The quantitative estimate of drug-likeness (QED) is 0.368. The van der Waals surface area contributed by atoms with Crippen molar-refractivity contribution in [1.82, 2.24) is 16.0 Å². The molecule has 7 heteroatoms. The van der Waals surface area contributed by atoms with Crippen LogP contribution in [0.1, 0.15) is 61.3 Å². The molecule has 0 spiro atoms. The van der Waals surface area contributed by atoms with Gasteiger partial charge < -0.3 is 25.1 Å². The Morgan fingerprint density at radius 3 is 2.77 bits per heavy atom. The number of guanidine groups is 1. The number of nitrogens with zero attached hydrogens (tertiary/aromatic N) is 1. The van der Waals surface area contributed by atoms with Crippen LogP contribution < -0.4 is 20.7 Å². The van der Waals surface area contributed by atoms with Gasteiger partial charge in [-0.2, -0.15) is 0 Å². The number of amides is 1. The van der Waals surface area contributed by atoms with Crippen LogP contribution in [0.15, 0.2) is 46.0 Å². The molecule has 0 saturated carbocycles. The molecular weight excluding hydrogens is 380 g/mol. The van der Waals surface area contributed by atoms with Gasteiger partial charge in [0.05, 0.1) is 12.3 Å². The first-order chi connectivity index (χ1) is 14.4. The Hall–Kier alpha value is -2.96. The van der Waals surface area contributed by atoms with Crippen molar-refractivity contribution < 1.29 is 13.9 Å². The standard InChI is InChI=1S/C23H32N4O3/c1-5-24-22(26-13-8-12-25-21(28)20-16(2)11-14-29-20)27-18-15-23(3,4)30-19-10-7-6-9-17(18)19/h6-7,9-11,14,18H,5,8,12-13,15H2,1-4H3,(H,25,28)(H2,24,26,27). The monoisotopic (exact) mass is 412 g/mol. The number of ether oxygens (including phenoxy) is 1. The molecule has 1 aromatic heterocycles. The second-order valence-electron chi connectivity index (χ2n) is 8.10. The first-order valence-corrected chi connectivity index (χ1v) is 10.5. The van der Waals surface area contributed by atoms with Crippen LogP contribution in [0, 0.1) is 6.92 Å². The summed E-state index contributed by atoms with van der Waals surface area (Å²) in [7, 11) is 0. The van der Waals surface area contributed by atoms with E-state index < -0.39 is 0 Å². The largest absolute Gasteiger partial charge is 0.487 e. The predicted molar refractivity (Wildman–Crippen MR) is 118 cm³/mol. The average molecular weight is 413 g/mol. The Morgan fingerprint density at radius 1 is 1.23 bits per heavy atom. The summed E-state index contributed by atoms with van der Waals surface area (Å²) >= 11 is 0. The summed E-state index contributed by atoms with van der Waals surface area (Å²) in [5.41, 5.74) is 1.73. The van der Waals surface area contributed by atoms with E-state index in [2.05, 4.69) is 40.9 Å². The lowest BCUT2D eigenvalue weighted by atomic mass is 9.90. The Balaban J connectivity index is 1.56. The summed E-state index contributed by atoms with van der Waals surface area (Å²) < 4.78 is 11.3. The first-order valence-electron chi connectivity index (χ1n) is 10.5. The Kier molecular flexibility index (Phi) is 7.03. The summed E-state index contributed by atoms with van der Waals surface area (Å²) in [5.74, 6) is 1.86. The zero-order valence-corrected chi connectivity index (χ0v) is 18.2. The van der Waals surface area contributed by atoms with E-state index in [-0.39, 0.29) is 17.6 Å². The number of carbonyl (C=O) groups excluding carboxylic acids is 1. The van der Waals surface area contributed by atoms with E-state index in [1.807, 2.05) is 32.0 Å². The second kappa shape index (κ2) is 9.69. The molecule has 1 aromatic carbocycles. The van der Waals surface area contributed by atoms with Crippen molar-refractivity contribution in [3.8, 4) is 5.75 Å². The molecule has 0 bridgehead atoms. The Morgan fingerprint density at radius 2 is 2.03 bits per heavy atom. The number of carbonyl (C=O) groups is 1. The molecule has 1 aliphatic heterocycles. The minimum Gasteiger partial charge on any atom is -0.487 e. The maximum absolute atomic E-state index is 12.1. The third-order valence-corrected chi connectivity index (χ3v) is 4.99. The number of para-hydroxylation sites is 1. The molecule has 2 aromatic rings. The first kappa shape index (κ1) is 21.7. The summed E-state index contributed by atoms with van der Waals surface area (Å²) in [6, 6.07) is 10.0. The van der Waals surface area contributed by atoms with Crippen LogP contribution in [0.5, 0.6) is 5.75 Å². The van der Waals surface area contributed by atoms with Crippen molar-refractivity contribution in [1.29, 1.82) is 0 Å². The number of fused-ring (bicyclic) bond motifs is 1. The normalized spacial score (nSPS) is 17.6. The van der Waals surface area contributed by atoms with E-state index in [1.165, 1.54) is 6.26 Å². The molecule has 3 rings (SSSR count). The minimum absolute atomic E-state index is 0.115. The van der Waals surface area contributed by atoms with E-state index in [4.69, 9.17) is 9.15 Å². The van der Waals surface area contributed by atoms with Gasteiger partial charge in [-0.25, -0.2) is 0 Å². The molecule has 1 unspecified atom stereocenters. The fourth-order valence-electron chi connectivity index (χ4n) is 3.57. The number of benzene rings is 1. The van der Waals surface area contributed by atoms with Crippen molar-refractivity contribution in [3.05, 3.63) is 53.5 Å². The fourth-order valence-corrected chi connectivity index (χ4v) is 3.57. The van der Waals surface area contributed by atoms with E-state index in [1.54, 1.807) is 6.07 Å². The smallest absolute Gasteiger partial charge is 0.287 e. The van der Waals surface area contributed by atoms with Crippen molar-refractivity contribution in [3.63, 3.8) is 0 Å². The molecule has 30 heavy (non-hydrogen) atoms. The van der Waals surface area contributed by atoms with Crippen LogP contribution in [0.25, 0.3) is 0 Å². The highest BCUT2D eigenvalue weighted by Crippen LogP contribution is 2.39. The van der Waals surface area contributed by atoms with Crippen molar-refractivity contribution in [2.24, 2.45) is 4.99 Å². The number of aliphatic imine (C=N–C) groups is 1. The lowest BCUT2D eigenvalue weighted by Crippen LogP contribution is -2.45. The van der Waals surface area contributed by atoms with E-state index in [0.29, 0.717) is 18.8 Å². The van der Waals surface area contributed by atoms with Crippen LogP contribution in [-0.2, 0) is 0 Å². The van der Waals surface area contributed by atoms with Crippen LogP contribution in [0.3, 0.4) is 0 Å².